The molecule has 0 spiro atoms. The van der Waals surface area contributed by atoms with Crippen molar-refractivity contribution in [2.75, 3.05) is 26.3 Å². The number of nitrogens with one attached hydrogen (secondary N) is 2. The van der Waals surface area contributed by atoms with Crippen LogP contribution in [0.15, 0.2) is 28.9 Å². The second-order valence-corrected chi connectivity index (χ2v) is 5.26. The van der Waals surface area contributed by atoms with Gasteiger partial charge in [0.25, 0.3) is 0 Å². The molecule has 1 aliphatic rings. The van der Waals surface area contributed by atoms with E-state index in [1.807, 2.05) is 18.2 Å². The van der Waals surface area contributed by atoms with Crippen LogP contribution in [-0.2, 0) is 16.0 Å². The summed E-state index contributed by atoms with van der Waals surface area (Å²) in [6, 6.07) is 5.59. The number of rotatable bonds is 6. The molecule has 8 nitrogen and oxygen atoms in total. The van der Waals surface area contributed by atoms with Gasteiger partial charge in [-0.2, -0.15) is 4.98 Å². The number of nitrogens with zero attached hydrogens (tertiary/aromatic N) is 3. The van der Waals surface area contributed by atoms with Crippen molar-refractivity contribution in [3.8, 4) is 11.5 Å². The molecule has 2 aromatic rings. The number of carbonyl (C=O) groups excluding carboxylic acids is 1. The third kappa shape index (κ3) is 5.26. The Hall–Kier alpha value is -2.03. The molecule has 1 unspecified atom stereocenters. The van der Waals surface area contributed by atoms with Gasteiger partial charge in [0.1, 0.15) is 5.69 Å². The molecule has 1 saturated heterocycles. The lowest BCUT2D eigenvalue weighted by Crippen LogP contribution is -2.44. The van der Waals surface area contributed by atoms with E-state index in [4.69, 9.17) is 9.26 Å². The molecule has 1 amide bonds. The summed E-state index contributed by atoms with van der Waals surface area (Å²) in [5, 5.41) is 9.99. The monoisotopic (exact) mass is 353 g/mol. The van der Waals surface area contributed by atoms with Crippen LogP contribution < -0.4 is 10.6 Å². The fourth-order valence-corrected chi connectivity index (χ4v) is 2.31. The summed E-state index contributed by atoms with van der Waals surface area (Å²) in [6.45, 7) is 2.52. The van der Waals surface area contributed by atoms with Crippen molar-refractivity contribution < 1.29 is 14.1 Å². The van der Waals surface area contributed by atoms with Gasteiger partial charge in [-0.15, -0.1) is 12.4 Å². The third-order valence-electron chi connectivity index (χ3n) is 3.45. The maximum absolute atomic E-state index is 11.8. The third-order valence-corrected chi connectivity index (χ3v) is 3.45. The number of hydrogen-bond donors (Lipinski definition) is 2. The van der Waals surface area contributed by atoms with E-state index >= 15 is 0 Å². The Morgan fingerprint density at radius 1 is 1.42 bits per heavy atom. The Balaban J connectivity index is 0.00000208. The molecule has 3 heterocycles. The van der Waals surface area contributed by atoms with E-state index in [0.717, 1.165) is 6.54 Å². The zero-order chi connectivity index (χ0) is 15.9. The van der Waals surface area contributed by atoms with Crippen molar-refractivity contribution in [3.05, 3.63) is 30.3 Å². The van der Waals surface area contributed by atoms with Crippen molar-refractivity contribution >= 4 is 18.3 Å². The van der Waals surface area contributed by atoms with E-state index in [1.54, 1.807) is 6.20 Å². The molecule has 130 valence electrons. The summed E-state index contributed by atoms with van der Waals surface area (Å²) in [7, 11) is 0. The number of hydrogen-bond acceptors (Lipinski definition) is 7. The number of pyridine rings is 1. The lowest BCUT2D eigenvalue weighted by Gasteiger charge is -2.23. The van der Waals surface area contributed by atoms with E-state index in [-0.39, 0.29) is 24.4 Å². The summed E-state index contributed by atoms with van der Waals surface area (Å²) in [4.78, 5) is 20.3. The fourth-order valence-electron chi connectivity index (χ4n) is 2.31. The minimum atomic E-state index is -0.0162. The van der Waals surface area contributed by atoms with Crippen molar-refractivity contribution in [1.29, 1.82) is 0 Å². The quantitative estimate of drug-likeness (QED) is 0.783. The van der Waals surface area contributed by atoms with Crippen LogP contribution in [0.25, 0.3) is 11.5 Å². The molecule has 9 heteroatoms. The topological polar surface area (TPSA) is 102 Å². The number of carbonyl (C=O) groups is 1. The van der Waals surface area contributed by atoms with Crippen LogP contribution >= 0.6 is 12.4 Å². The molecule has 1 atom stereocenters. The smallest absolute Gasteiger partial charge is 0.228 e. The lowest BCUT2D eigenvalue weighted by atomic mass is 10.2. The second-order valence-electron chi connectivity index (χ2n) is 5.26. The van der Waals surface area contributed by atoms with Crippen LogP contribution in [0.5, 0.6) is 0 Å². The van der Waals surface area contributed by atoms with Gasteiger partial charge in [-0.1, -0.05) is 11.2 Å². The Labute approximate surface area is 145 Å². The van der Waals surface area contributed by atoms with E-state index in [1.165, 1.54) is 0 Å². The molecule has 2 aromatic heterocycles. The predicted octanol–water partition coefficient (Wildman–Crippen LogP) is 0.591. The first kappa shape index (κ1) is 18.3. The van der Waals surface area contributed by atoms with Gasteiger partial charge in [0.15, 0.2) is 0 Å². The van der Waals surface area contributed by atoms with Crippen molar-refractivity contribution in [2.24, 2.45) is 0 Å². The van der Waals surface area contributed by atoms with Crippen LogP contribution in [-0.4, -0.2) is 53.4 Å². The first-order chi connectivity index (χ1) is 11.3. The highest BCUT2D eigenvalue weighted by Crippen LogP contribution is 2.11. The Morgan fingerprint density at radius 2 is 2.33 bits per heavy atom. The van der Waals surface area contributed by atoms with Crippen LogP contribution in [0.1, 0.15) is 12.3 Å². The molecule has 0 saturated carbocycles. The minimum absolute atomic E-state index is 0. The highest BCUT2D eigenvalue weighted by Gasteiger charge is 2.16. The molecule has 3 rings (SSSR count). The molecule has 0 bridgehead atoms. The maximum atomic E-state index is 11.8. The van der Waals surface area contributed by atoms with Crippen LogP contribution in [0.2, 0.25) is 0 Å². The average molecular weight is 354 g/mol. The summed E-state index contributed by atoms with van der Waals surface area (Å²) >= 11 is 0. The lowest BCUT2D eigenvalue weighted by molar-refractivity contribution is -0.122. The van der Waals surface area contributed by atoms with Gasteiger partial charge in [-0.3, -0.25) is 9.78 Å². The molecule has 1 fully saturated rings. The molecule has 24 heavy (non-hydrogen) atoms. The molecule has 0 radical (unpaired) electrons. The van der Waals surface area contributed by atoms with Gasteiger partial charge in [-0.25, -0.2) is 0 Å². The zero-order valence-corrected chi connectivity index (χ0v) is 13.9. The van der Waals surface area contributed by atoms with Crippen LogP contribution in [0, 0.1) is 0 Å². The average Bonchev–Trinajstić information content (AvgIpc) is 3.05. The van der Waals surface area contributed by atoms with Gasteiger partial charge in [-0.05, 0) is 12.1 Å². The van der Waals surface area contributed by atoms with Crippen LogP contribution in [0.4, 0.5) is 0 Å². The first-order valence-corrected chi connectivity index (χ1v) is 7.63. The second kappa shape index (κ2) is 9.31. The number of halogens is 1. The summed E-state index contributed by atoms with van der Waals surface area (Å²) < 4.78 is 10.5. The predicted molar refractivity (Wildman–Crippen MR) is 88.7 cm³/mol. The van der Waals surface area contributed by atoms with E-state index < -0.39 is 0 Å². The molecular formula is C15H20ClN5O3. The number of morpholine rings is 1. The SMILES string of the molecule is Cl.O=C(CC1COCCN1)NCCc1nc(-c2ccccn2)no1. The van der Waals surface area contributed by atoms with Crippen molar-refractivity contribution in [3.63, 3.8) is 0 Å². The zero-order valence-electron chi connectivity index (χ0n) is 13.1. The number of amides is 1. The number of aromatic nitrogens is 3. The molecular weight excluding hydrogens is 334 g/mol. The van der Waals surface area contributed by atoms with Crippen LogP contribution in [0.3, 0.4) is 0 Å². The standard InChI is InChI=1S/C15H19N5O3.ClH/c21-13(9-11-10-22-8-7-16-11)18-6-4-14-19-15(20-23-14)12-3-1-2-5-17-12;/h1-3,5,11,16H,4,6-10H2,(H,18,21);1H. The highest BCUT2D eigenvalue weighted by molar-refractivity contribution is 5.85. The van der Waals surface area contributed by atoms with Crippen molar-refractivity contribution in [2.45, 2.75) is 18.9 Å². The van der Waals surface area contributed by atoms with E-state index in [9.17, 15) is 4.79 Å². The maximum Gasteiger partial charge on any atom is 0.228 e. The molecule has 0 aliphatic carbocycles. The molecule has 1 aliphatic heterocycles. The van der Waals surface area contributed by atoms with Gasteiger partial charge in [0.05, 0.1) is 13.2 Å². The first-order valence-electron chi connectivity index (χ1n) is 7.63. The highest BCUT2D eigenvalue weighted by atomic mass is 35.5. The largest absolute Gasteiger partial charge is 0.378 e. The Kier molecular flexibility index (Phi) is 7.10. The number of ether oxygens (including phenoxy) is 1. The van der Waals surface area contributed by atoms with Gasteiger partial charge >= 0.3 is 0 Å². The molecule has 2 N–H and O–H groups in total. The van der Waals surface area contributed by atoms with Gasteiger partial charge in [0, 0.05) is 38.2 Å². The summed E-state index contributed by atoms with van der Waals surface area (Å²) in [6.07, 6.45) is 2.57. The summed E-state index contributed by atoms with van der Waals surface area (Å²) in [5.41, 5.74) is 0.662. The van der Waals surface area contributed by atoms with E-state index in [2.05, 4.69) is 25.8 Å². The Bertz CT molecular complexity index is 631. The van der Waals surface area contributed by atoms with Gasteiger partial charge in [0.2, 0.25) is 17.6 Å². The summed E-state index contributed by atoms with van der Waals surface area (Å²) in [5.74, 6) is 0.915. The fraction of sp³-hybridized carbons (Fsp3) is 0.467. The van der Waals surface area contributed by atoms with E-state index in [0.29, 0.717) is 50.0 Å². The molecule has 0 aromatic carbocycles. The normalized spacial score (nSPS) is 17.1. The minimum Gasteiger partial charge on any atom is -0.378 e. The van der Waals surface area contributed by atoms with Crippen molar-refractivity contribution in [1.82, 2.24) is 25.8 Å². The Morgan fingerprint density at radius 3 is 3.08 bits per heavy atom. The van der Waals surface area contributed by atoms with Gasteiger partial charge < -0.3 is 19.9 Å².